The molecule has 0 saturated carbocycles. The first-order chi connectivity index (χ1) is 17.4. The van der Waals surface area contributed by atoms with E-state index < -0.39 is 26.0 Å². The molecule has 0 spiro atoms. The van der Waals surface area contributed by atoms with Crippen LogP contribution < -0.4 is 14.8 Å². The average molecular weight is 549 g/mol. The van der Waals surface area contributed by atoms with Gasteiger partial charge in [-0.2, -0.15) is 0 Å². The largest absolute Gasteiger partial charge is 0.491 e. The summed E-state index contributed by atoms with van der Waals surface area (Å²) in [5.41, 5.74) is -0.581. The topological polar surface area (TPSA) is 133 Å². The van der Waals surface area contributed by atoms with Crippen molar-refractivity contribution in [3.8, 4) is 17.2 Å². The maximum Gasteiger partial charge on any atom is 0.361 e. The third kappa shape index (κ3) is 7.87. The number of hydrogen-bond donors (Lipinski definition) is 2. The lowest BCUT2D eigenvalue weighted by atomic mass is 9.97. The molecule has 10 nitrogen and oxygen atoms in total. The second-order valence-electron chi connectivity index (χ2n) is 9.21. The minimum absolute atomic E-state index is 0.0428. The maximum atomic E-state index is 12.8. The Kier molecular flexibility index (Phi) is 9.09. The Bertz CT molecular complexity index is 1240. The smallest absolute Gasteiger partial charge is 0.361 e. The number of thiazole rings is 1. The van der Waals surface area contributed by atoms with Crippen LogP contribution in [0.3, 0.4) is 0 Å². The van der Waals surface area contributed by atoms with E-state index in [2.05, 4.69) is 10.3 Å². The summed E-state index contributed by atoms with van der Waals surface area (Å²) in [7, 11) is -1.89. The van der Waals surface area contributed by atoms with Gasteiger partial charge in [0.25, 0.3) is 5.91 Å². The van der Waals surface area contributed by atoms with Crippen LogP contribution in [-0.4, -0.2) is 28.1 Å². The molecular formula is C25H29N2O8PS. The fourth-order valence-electron chi connectivity index (χ4n) is 2.92. The lowest BCUT2D eigenvalue weighted by molar-refractivity contribution is -0.313. The molecule has 2 N–H and O–H groups in total. The maximum absolute atomic E-state index is 12.8. The van der Waals surface area contributed by atoms with E-state index in [9.17, 15) is 19.3 Å². The van der Waals surface area contributed by atoms with Crippen LogP contribution in [0.15, 0.2) is 54.0 Å². The molecule has 2 unspecified atom stereocenters. The fourth-order valence-corrected chi connectivity index (χ4v) is 3.76. The van der Waals surface area contributed by atoms with Crippen molar-refractivity contribution in [1.82, 2.24) is 4.98 Å². The number of benzene rings is 2. The normalized spacial score (nSPS) is 13.4. The number of nitrogens with zero attached hydrogens (tertiary/aromatic N) is 1. The first-order valence-electron chi connectivity index (χ1n) is 11.3. The number of carbonyl (C=O) groups is 2. The summed E-state index contributed by atoms with van der Waals surface area (Å²) in [6, 6.07) is 10.6. The molecule has 0 fully saturated rings. The summed E-state index contributed by atoms with van der Waals surface area (Å²) in [5.74, 6) is -2.54. The molecule has 37 heavy (non-hydrogen) atoms. The molecular weight excluding hydrogens is 519 g/mol. The molecule has 0 radical (unpaired) electrons. The van der Waals surface area contributed by atoms with E-state index in [1.807, 2.05) is 13.8 Å². The van der Waals surface area contributed by atoms with Crippen molar-refractivity contribution in [3.63, 3.8) is 0 Å². The van der Waals surface area contributed by atoms with Gasteiger partial charge >= 0.3 is 11.9 Å². The molecule has 0 bridgehead atoms. The predicted octanol–water partition coefficient (Wildman–Crippen LogP) is 5.35. The van der Waals surface area contributed by atoms with Crippen LogP contribution in [0.1, 0.15) is 50.5 Å². The Morgan fingerprint density at radius 2 is 1.73 bits per heavy atom. The molecule has 1 amide bonds. The number of hydrogen-bond acceptors (Lipinski definition) is 10. The Labute approximate surface area is 219 Å². The SMILES string of the molecule is CC(C)Oc1cc(Oc2ccc(C(O)(O[PH2]=O)OC(=O)C(C)(C)C)cc2)cc(C(=O)Nc2nccs2)c1. The lowest BCUT2D eigenvalue weighted by Crippen LogP contribution is -2.37. The zero-order valence-electron chi connectivity index (χ0n) is 21.0. The van der Waals surface area contributed by atoms with E-state index in [4.69, 9.17) is 18.7 Å². The molecule has 12 heteroatoms. The second kappa shape index (κ2) is 11.9. The van der Waals surface area contributed by atoms with Crippen molar-refractivity contribution in [1.29, 1.82) is 0 Å². The molecule has 2 aromatic carbocycles. The van der Waals surface area contributed by atoms with Gasteiger partial charge in [-0.1, -0.05) is 0 Å². The van der Waals surface area contributed by atoms with Crippen LogP contribution in [0.25, 0.3) is 0 Å². The van der Waals surface area contributed by atoms with Gasteiger partial charge in [0.2, 0.25) is 0 Å². The highest BCUT2D eigenvalue weighted by molar-refractivity contribution is 7.17. The quantitative estimate of drug-likeness (QED) is 0.195. The van der Waals surface area contributed by atoms with Gasteiger partial charge < -0.3 is 19.3 Å². The number of carbonyl (C=O) groups excluding carboxylic acids is 2. The second-order valence-corrected chi connectivity index (χ2v) is 10.5. The summed E-state index contributed by atoms with van der Waals surface area (Å²) in [6.07, 6.45) is 1.45. The van der Waals surface area contributed by atoms with E-state index in [-0.39, 0.29) is 17.6 Å². The number of anilines is 1. The first kappa shape index (κ1) is 28.3. The van der Waals surface area contributed by atoms with Crippen molar-refractivity contribution in [2.75, 3.05) is 5.32 Å². The Morgan fingerprint density at radius 3 is 2.30 bits per heavy atom. The molecule has 3 aromatic rings. The van der Waals surface area contributed by atoms with Gasteiger partial charge in [-0.3, -0.25) is 24.0 Å². The van der Waals surface area contributed by atoms with Crippen LogP contribution in [0.2, 0.25) is 0 Å². The summed E-state index contributed by atoms with van der Waals surface area (Å²) in [5, 5.41) is 15.7. The van der Waals surface area contributed by atoms with Gasteiger partial charge in [0.15, 0.2) is 13.8 Å². The van der Waals surface area contributed by atoms with Gasteiger partial charge in [-0.05, 0) is 71.0 Å². The number of ether oxygens (including phenoxy) is 3. The minimum Gasteiger partial charge on any atom is -0.491 e. The van der Waals surface area contributed by atoms with Crippen molar-refractivity contribution in [3.05, 3.63) is 65.2 Å². The molecule has 1 heterocycles. The lowest BCUT2D eigenvalue weighted by Gasteiger charge is -2.28. The summed E-state index contributed by atoms with van der Waals surface area (Å²) >= 11 is 1.29. The first-order valence-corrected chi connectivity index (χ1v) is 13.1. The third-order valence-corrected chi connectivity index (χ3v) is 5.78. The number of aliphatic hydroxyl groups is 1. The molecule has 0 aliphatic heterocycles. The summed E-state index contributed by atoms with van der Waals surface area (Å²) < 4.78 is 32.9. The predicted molar refractivity (Wildman–Crippen MR) is 140 cm³/mol. The highest BCUT2D eigenvalue weighted by Gasteiger charge is 2.39. The molecule has 2 atom stereocenters. The Balaban J connectivity index is 1.85. The fraction of sp³-hybridized carbons (Fsp3) is 0.320. The van der Waals surface area contributed by atoms with E-state index in [0.29, 0.717) is 27.9 Å². The van der Waals surface area contributed by atoms with Crippen LogP contribution in [-0.2, 0) is 24.6 Å². The van der Waals surface area contributed by atoms with Gasteiger partial charge in [0, 0.05) is 23.2 Å². The number of nitrogens with one attached hydrogen (secondary N) is 1. The van der Waals surface area contributed by atoms with Crippen LogP contribution in [0, 0.1) is 5.41 Å². The van der Waals surface area contributed by atoms with Crippen LogP contribution in [0.5, 0.6) is 17.2 Å². The van der Waals surface area contributed by atoms with Gasteiger partial charge in [-0.25, -0.2) is 4.98 Å². The Morgan fingerprint density at radius 1 is 1.05 bits per heavy atom. The number of aromatic nitrogens is 1. The standard InChI is InChI=1S/C25H29N2O8PS/c1-15(2)32-19-12-16(21(28)27-23-26-10-11-37-23)13-20(14-19)33-18-8-6-17(7-9-18)25(30,35-36-31)34-22(29)24(3,4)5/h6-15,30H,36H2,1-5H3,(H,26,27,28). The van der Waals surface area contributed by atoms with E-state index in [0.717, 1.165) is 0 Å². The number of esters is 1. The zero-order chi connectivity index (χ0) is 27.2. The average Bonchev–Trinajstić information content (AvgIpc) is 3.31. The zero-order valence-corrected chi connectivity index (χ0v) is 23.0. The highest BCUT2D eigenvalue weighted by Crippen LogP contribution is 2.34. The number of amides is 1. The molecule has 198 valence electrons. The van der Waals surface area contributed by atoms with Gasteiger partial charge in [0.05, 0.1) is 17.1 Å². The monoisotopic (exact) mass is 548 g/mol. The third-order valence-electron chi connectivity index (χ3n) is 4.67. The van der Waals surface area contributed by atoms with Gasteiger partial charge in [-0.15, -0.1) is 11.3 Å². The van der Waals surface area contributed by atoms with Crippen molar-refractivity contribution in [2.24, 2.45) is 5.41 Å². The van der Waals surface area contributed by atoms with E-state index in [1.165, 1.54) is 35.6 Å². The van der Waals surface area contributed by atoms with Crippen LogP contribution >= 0.6 is 20.0 Å². The van der Waals surface area contributed by atoms with Crippen molar-refractivity contribution < 1.29 is 38.0 Å². The molecule has 0 saturated heterocycles. The van der Waals surface area contributed by atoms with Crippen LogP contribution in [0.4, 0.5) is 5.13 Å². The summed E-state index contributed by atoms with van der Waals surface area (Å²) in [4.78, 5) is 29.1. The summed E-state index contributed by atoms with van der Waals surface area (Å²) in [6.45, 7) is 8.56. The van der Waals surface area contributed by atoms with E-state index >= 15 is 0 Å². The molecule has 1 aromatic heterocycles. The molecule has 0 aliphatic carbocycles. The minimum atomic E-state index is -2.52. The molecule has 0 aliphatic rings. The van der Waals surface area contributed by atoms with E-state index in [1.54, 1.807) is 50.5 Å². The Hall–Kier alpha value is -3.24. The number of rotatable bonds is 10. The van der Waals surface area contributed by atoms with Gasteiger partial charge in [0.1, 0.15) is 17.2 Å². The van der Waals surface area contributed by atoms with Crippen molar-refractivity contribution in [2.45, 2.75) is 46.7 Å². The molecule has 3 rings (SSSR count). The van der Waals surface area contributed by atoms with Crippen molar-refractivity contribution >= 4 is 37.0 Å². The highest BCUT2D eigenvalue weighted by atomic mass is 32.1.